The summed E-state index contributed by atoms with van der Waals surface area (Å²) in [6.07, 6.45) is -3.19. The maximum Gasteiger partial charge on any atom is 0.438 e. The van der Waals surface area contributed by atoms with Gasteiger partial charge in [-0.25, -0.2) is 0 Å². The van der Waals surface area contributed by atoms with E-state index in [1.807, 2.05) is 31.9 Å². The molecule has 0 unspecified atom stereocenters. The van der Waals surface area contributed by atoms with Crippen LogP contribution in [-0.2, 0) is 0 Å². The Hall–Kier alpha value is -1.76. The van der Waals surface area contributed by atoms with Crippen molar-refractivity contribution in [3.63, 3.8) is 0 Å². The molecule has 3 aliphatic rings. The van der Waals surface area contributed by atoms with Crippen LogP contribution in [0.3, 0.4) is 0 Å². The van der Waals surface area contributed by atoms with Crippen LogP contribution in [0.1, 0.15) is 72.6 Å². The van der Waals surface area contributed by atoms with Crippen molar-refractivity contribution >= 4 is 0 Å². The molecule has 3 nitrogen and oxygen atoms in total. The highest BCUT2D eigenvalue weighted by Gasteiger charge is 2.70. The summed E-state index contributed by atoms with van der Waals surface area (Å²) in [5.41, 5.74) is -2.67. The normalized spacial score (nSPS) is 33.5. The molecular weight excluding hydrogens is 498 g/mol. The minimum atomic E-state index is -5.96. The van der Waals surface area contributed by atoms with Crippen LogP contribution < -0.4 is 0 Å². The summed E-state index contributed by atoms with van der Waals surface area (Å²) >= 11 is 0. The standard InChI is InChI=1S/C28H36F6O3/c1-17(7-5-14-26(37,27(29,30)31)28(32,33)34)21-11-12-22-18(8-6-13-25(21,22)4)9-10-19-15-20(35)16-23(36)24(19,2)3/h9-11,17,20,22-23,35-37H,6-8,12-13,15-16H2,1-4H3/b18-9+,19-10-/t17-,20+,22-,23-,25+/m0/s1. The number of rotatable bonds is 3. The second kappa shape index (κ2) is 10.1. The molecule has 208 valence electrons. The first-order valence-corrected chi connectivity index (χ1v) is 12.7. The van der Waals surface area contributed by atoms with Gasteiger partial charge in [-0.05, 0) is 55.3 Å². The van der Waals surface area contributed by atoms with E-state index in [0.717, 1.165) is 36.3 Å². The molecule has 0 spiro atoms. The van der Waals surface area contributed by atoms with Gasteiger partial charge in [-0.2, -0.15) is 26.3 Å². The summed E-state index contributed by atoms with van der Waals surface area (Å²) in [5, 5.41) is 29.9. The van der Waals surface area contributed by atoms with Gasteiger partial charge in [0.15, 0.2) is 0 Å². The molecule has 0 radical (unpaired) electrons. The molecule has 2 fully saturated rings. The number of aliphatic hydroxyl groups is 3. The second-order valence-electron chi connectivity index (χ2n) is 11.6. The van der Waals surface area contributed by atoms with E-state index in [1.54, 1.807) is 6.92 Å². The number of alkyl halides is 6. The van der Waals surface area contributed by atoms with Crippen LogP contribution in [0.2, 0.25) is 0 Å². The Bertz CT molecular complexity index is 1010. The van der Waals surface area contributed by atoms with Crippen LogP contribution in [0, 0.1) is 34.5 Å². The molecule has 2 saturated carbocycles. The molecule has 0 amide bonds. The van der Waals surface area contributed by atoms with Gasteiger partial charge in [0.25, 0.3) is 0 Å². The van der Waals surface area contributed by atoms with Crippen LogP contribution in [0.4, 0.5) is 26.3 Å². The molecular formula is C28H36F6O3. The molecule has 3 aliphatic carbocycles. The topological polar surface area (TPSA) is 60.7 Å². The summed E-state index contributed by atoms with van der Waals surface area (Å²) in [6.45, 7) is 7.73. The summed E-state index contributed by atoms with van der Waals surface area (Å²) in [4.78, 5) is 0. The van der Waals surface area contributed by atoms with Crippen LogP contribution in [0.5, 0.6) is 0 Å². The average molecular weight is 535 g/mol. The number of halogens is 6. The third-order valence-electron chi connectivity index (χ3n) is 8.75. The maximum absolute atomic E-state index is 12.9. The minimum Gasteiger partial charge on any atom is -0.393 e. The van der Waals surface area contributed by atoms with E-state index in [-0.39, 0.29) is 23.7 Å². The predicted molar refractivity (Wildman–Crippen MR) is 128 cm³/mol. The molecule has 0 aliphatic heterocycles. The number of hydrogen-bond acceptors (Lipinski definition) is 3. The third-order valence-corrected chi connectivity index (χ3v) is 8.75. The van der Waals surface area contributed by atoms with Gasteiger partial charge in [-0.1, -0.05) is 68.6 Å². The highest BCUT2D eigenvalue weighted by Crippen LogP contribution is 2.57. The minimum absolute atomic E-state index is 0.146. The first-order chi connectivity index (χ1) is 16.8. The molecule has 9 heteroatoms. The number of fused-ring (bicyclic) bond motifs is 1. The van der Waals surface area contributed by atoms with Crippen molar-refractivity contribution in [1.82, 2.24) is 0 Å². The zero-order valence-corrected chi connectivity index (χ0v) is 21.6. The lowest BCUT2D eigenvalue weighted by Crippen LogP contribution is -2.55. The van der Waals surface area contributed by atoms with E-state index < -0.39 is 35.6 Å². The van der Waals surface area contributed by atoms with Crippen LogP contribution >= 0.6 is 0 Å². The van der Waals surface area contributed by atoms with E-state index in [9.17, 15) is 41.7 Å². The molecule has 0 aromatic rings. The highest BCUT2D eigenvalue weighted by atomic mass is 19.4. The lowest BCUT2D eigenvalue weighted by molar-refractivity contribution is -0.343. The summed E-state index contributed by atoms with van der Waals surface area (Å²) in [5.74, 6) is 2.80. The highest BCUT2D eigenvalue weighted by molar-refractivity contribution is 5.36. The van der Waals surface area contributed by atoms with Crippen molar-refractivity contribution in [3.8, 4) is 11.8 Å². The Morgan fingerprint density at radius 1 is 1.08 bits per heavy atom. The van der Waals surface area contributed by atoms with Gasteiger partial charge in [-0.15, -0.1) is 0 Å². The van der Waals surface area contributed by atoms with Gasteiger partial charge >= 0.3 is 18.0 Å². The molecule has 0 heterocycles. The van der Waals surface area contributed by atoms with Crippen LogP contribution in [-0.4, -0.2) is 45.5 Å². The Kier molecular flexibility index (Phi) is 8.12. The van der Waals surface area contributed by atoms with Gasteiger partial charge in [0.1, 0.15) is 0 Å². The Morgan fingerprint density at radius 2 is 1.70 bits per heavy atom. The van der Waals surface area contributed by atoms with Crippen molar-refractivity contribution in [3.05, 3.63) is 34.9 Å². The summed E-state index contributed by atoms with van der Waals surface area (Å²) in [7, 11) is 0. The molecule has 0 aromatic heterocycles. The molecule has 3 N–H and O–H groups in total. The van der Waals surface area contributed by atoms with Gasteiger partial charge in [-0.3, -0.25) is 0 Å². The number of allylic oxidation sites excluding steroid dienone is 5. The molecule has 3 rings (SSSR count). The van der Waals surface area contributed by atoms with Gasteiger partial charge in [0.05, 0.1) is 12.2 Å². The molecule has 0 bridgehead atoms. The quantitative estimate of drug-likeness (QED) is 0.223. The second-order valence-corrected chi connectivity index (χ2v) is 11.6. The van der Waals surface area contributed by atoms with Crippen molar-refractivity contribution in [1.29, 1.82) is 0 Å². The van der Waals surface area contributed by atoms with Gasteiger partial charge in [0.2, 0.25) is 0 Å². The van der Waals surface area contributed by atoms with E-state index >= 15 is 0 Å². The van der Waals surface area contributed by atoms with Gasteiger partial charge in [0, 0.05) is 18.3 Å². The molecule has 0 aromatic carbocycles. The zero-order chi connectivity index (χ0) is 28.0. The van der Waals surface area contributed by atoms with Crippen molar-refractivity contribution < 1.29 is 41.7 Å². The van der Waals surface area contributed by atoms with Crippen molar-refractivity contribution in [2.24, 2.45) is 22.7 Å². The zero-order valence-electron chi connectivity index (χ0n) is 21.6. The van der Waals surface area contributed by atoms with E-state index in [4.69, 9.17) is 0 Å². The molecule has 5 atom stereocenters. The monoisotopic (exact) mass is 534 g/mol. The maximum atomic E-state index is 12.9. The average Bonchev–Trinajstić information content (AvgIpc) is 3.11. The third kappa shape index (κ3) is 5.53. The fraction of sp³-hybridized carbons (Fsp3) is 0.714. The van der Waals surface area contributed by atoms with Crippen LogP contribution in [0.15, 0.2) is 34.9 Å². The van der Waals surface area contributed by atoms with E-state index in [0.29, 0.717) is 19.3 Å². The fourth-order valence-electron chi connectivity index (χ4n) is 6.22. The van der Waals surface area contributed by atoms with E-state index in [2.05, 4.69) is 13.0 Å². The first-order valence-electron chi connectivity index (χ1n) is 12.7. The van der Waals surface area contributed by atoms with Crippen LogP contribution in [0.25, 0.3) is 0 Å². The largest absolute Gasteiger partial charge is 0.438 e. The van der Waals surface area contributed by atoms with Crippen molar-refractivity contribution in [2.45, 2.75) is 103 Å². The molecule has 0 saturated heterocycles. The SMILES string of the molecule is C[C@@H](CC#CC(O)(C(F)(F)F)C(F)(F)F)C1=CC[C@H]2/C(=C/C=C3/C[C@@H](O)C[C@H](O)C3(C)C)CCC[C@]12C. The molecule has 37 heavy (non-hydrogen) atoms. The summed E-state index contributed by atoms with van der Waals surface area (Å²) in [6, 6.07) is 0. The lowest BCUT2D eigenvalue weighted by atomic mass is 9.62. The Labute approximate surface area is 214 Å². The first kappa shape index (κ1) is 29.8. The lowest BCUT2D eigenvalue weighted by Gasteiger charge is -2.43. The number of aliphatic hydroxyl groups excluding tert-OH is 2. The number of hydrogen-bond donors (Lipinski definition) is 3. The Balaban J connectivity index is 1.80. The summed E-state index contributed by atoms with van der Waals surface area (Å²) < 4.78 is 77.6. The van der Waals surface area contributed by atoms with E-state index in [1.165, 1.54) is 5.57 Å². The fourth-order valence-corrected chi connectivity index (χ4v) is 6.22. The van der Waals surface area contributed by atoms with Gasteiger partial charge < -0.3 is 15.3 Å². The van der Waals surface area contributed by atoms with Crippen molar-refractivity contribution in [2.75, 3.05) is 0 Å². The smallest absolute Gasteiger partial charge is 0.393 e. The Morgan fingerprint density at radius 3 is 2.30 bits per heavy atom. The predicted octanol–water partition coefficient (Wildman–Crippen LogP) is 6.40.